The van der Waals surface area contributed by atoms with Crippen molar-refractivity contribution in [3.63, 3.8) is 0 Å². The molecule has 0 spiro atoms. The maximum atomic E-state index is 12.6. The first kappa shape index (κ1) is 14.8. The molecule has 0 radical (unpaired) electrons. The fourth-order valence-corrected chi connectivity index (χ4v) is 2.02. The Balaban J connectivity index is 2.32. The number of benzene rings is 1. The lowest BCUT2D eigenvalue weighted by Crippen LogP contribution is -2.33. The molecule has 1 amide bonds. The molecule has 0 aliphatic heterocycles. The number of oxazole rings is 1. The van der Waals surface area contributed by atoms with Gasteiger partial charge in [0.15, 0.2) is 5.89 Å². The molecule has 1 aromatic heterocycles. The van der Waals surface area contributed by atoms with Crippen LogP contribution in [0.1, 0.15) is 28.6 Å². The molecule has 0 atom stereocenters. The second-order valence-corrected chi connectivity index (χ2v) is 4.58. The van der Waals surface area contributed by atoms with E-state index in [9.17, 15) is 9.59 Å². The van der Waals surface area contributed by atoms with Gasteiger partial charge in [0.1, 0.15) is 0 Å². The number of carboxylic acids is 1. The van der Waals surface area contributed by atoms with Crippen LogP contribution in [0, 0.1) is 13.8 Å². The normalized spacial score (nSPS) is 10.4. The maximum Gasteiger partial charge on any atom is 0.305 e. The van der Waals surface area contributed by atoms with Crippen LogP contribution in [0.5, 0.6) is 0 Å². The number of rotatable bonds is 5. The van der Waals surface area contributed by atoms with Gasteiger partial charge in [-0.25, -0.2) is 4.98 Å². The van der Waals surface area contributed by atoms with Gasteiger partial charge >= 0.3 is 5.97 Å². The molecule has 0 fully saturated rings. The summed E-state index contributed by atoms with van der Waals surface area (Å²) in [5.74, 6) is -0.807. The first-order chi connectivity index (χ1) is 9.99. The number of aryl methyl sites for hydroxylation is 2. The van der Waals surface area contributed by atoms with Gasteiger partial charge < -0.3 is 14.4 Å². The third kappa shape index (κ3) is 3.47. The summed E-state index contributed by atoms with van der Waals surface area (Å²) in [7, 11) is 0. The zero-order valence-electron chi connectivity index (χ0n) is 11.9. The Hall–Kier alpha value is -2.63. The molecule has 1 N–H and O–H groups in total. The highest BCUT2D eigenvalue weighted by Crippen LogP contribution is 2.19. The van der Waals surface area contributed by atoms with E-state index in [1.54, 1.807) is 38.1 Å². The number of carbonyl (C=O) groups excluding carboxylic acids is 1. The van der Waals surface area contributed by atoms with Crippen molar-refractivity contribution in [2.45, 2.75) is 20.3 Å². The van der Waals surface area contributed by atoms with Gasteiger partial charge in [-0.15, -0.1) is 0 Å². The molecule has 0 aliphatic rings. The number of carboxylic acid groups (broad SMARTS) is 1. The van der Waals surface area contributed by atoms with Crippen LogP contribution in [0.15, 0.2) is 34.7 Å². The lowest BCUT2D eigenvalue weighted by molar-refractivity contribution is -0.136. The van der Waals surface area contributed by atoms with Gasteiger partial charge in [0, 0.05) is 19.2 Å². The molecule has 2 rings (SSSR count). The van der Waals surface area contributed by atoms with E-state index in [1.165, 1.54) is 4.90 Å². The molecule has 0 unspecified atom stereocenters. The van der Waals surface area contributed by atoms with Crippen molar-refractivity contribution >= 4 is 17.6 Å². The van der Waals surface area contributed by atoms with Crippen molar-refractivity contribution in [1.29, 1.82) is 0 Å². The van der Waals surface area contributed by atoms with Gasteiger partial charge in [-0.1, -0.05) is 18.2 Å². The predicted molar refractivity (Wildman–Crippen MR) is 76.3 cm³/mol. The summed E-state index contributed by atoms with van der Waals surface area (Å²) in [5.41, 5.74) is 1.12. The van der Waals surface area contributed by atoms with Crippen molar-refractivity contribution < 1.29 is 19.1 Å². The Morgan fingerprint density at radius 1 is 1.24 bits per heavy atom. The third-order valence-electron chi connectivity index (χ3n) is 2.96. The monoisotopic (exact) mass is 288 g/mol. The Morgan fingerprint density at radius 3 is 2.43 bits per heavy atom. The maximum absolute atomic E-state index is 12.6. The van der Waals surface area contributed by atoms with E-state index >= 15 is 0 Å². The van der Waals surface area contributed by atoms with Crippen LogP contribution in [-0.4, -0.2) is 28.5 Å². The molecule has 0 aliphatic carbocycles. The topological polar surface area (TPSA) is 83.6 Å². The molecule has 1 aromatic carbocycles. The average Bonchev–Trinajstić information content (AvgIpc) is 2.78. The Kier molecular flexibility index (Phi) is 4.37. The highest BCUT2D eigenvalue weighted by Gasteiger charge is 2.24. The Bertz CT molecular complexity index is 649. The summed E-state index contributed by atoms with van der Waals surface area (Å²) in [6, 6.07) is 8.90. The second kappa shape index (κ2) is 6.21. The summed E-state index contributed by atoms with van der Waals surface area (Å²) in [4.78, 5) is 28.8. The average molecular weight is 288 g/mol. The zero-order valence-corrected chi connectivity index (χ0v) is 11.9. The van der Waals surface area contributed by atoms with Crippen LogP contribution in [0.2, 0.25) is 0 Å². The number of hydrogen-bond donors (Lipinski definition) is 1. The summed E-state index contributed by atoms with van der Waals surface area (Å²) < 4.78 is 5.34. The minimum atomic E-state index is -0.964. The minimum Gasteiger partial charge on any atom is -0.481 e. The second-order valence-electron chi connectivity index (χ2n) is 4.58. The number of nitrogens with zero attached hydrogens (tertiary/aromatic N) is 2. The summed E-state index contributed by atoms with van der Waals surface area (Å²) in [6.07, 6.45) is -0.146. The first-order valence-electron chi connectivity index (χ1n) is 6.51. The molecule has 0 bridgehead atoms. The van der Waals surface area contributed by atoms with E-state index in [-0.39, 0.29) is 24.6 Å². The van der Waals surface area contributed by atoms with Gasteiger partial charge in [-0.05, 0) is 19.1 Å². The SMILES string of the molecule is Cc1nc(C)c(C(=O)N(CCC(=O)O)c2ccccc2)o1. The molecular formula is C15H16N2O4. The van der Waals surface area contributed by atoms with Crippen molar-refractivity contribution in [3.8, 4) is 0 Å². The standard InChI is InChI=1S/C15H16N2O4/c1-10-14(21-11(2)16-10)15(20)17(9-8-13(18)19)12-6-4-3-5-7-12/h3-7H,8-9H2,1-2H3,(H,18,19). The molecule has 6 heteroatoms. The summed E-state index contributed by atoms with van der Waals surface area (Å²) in [5, 5.41) is 8.85. The molecule has 21 heavy (non-hydrogen) atoms. The van der Waals surface area contributed by atoms with Crippen LogP contribution >= 0.6 is 0 Å². The van der Waals surface area contributed by atoms with Crippen LogP contribution in [0.25, 0.3) is 0 Å². The number of carbonyl (C=O) groups is 2. The number of aliphatic carboxylic acids is 1. The van der Waals surface area contributed by atoms with Crippen LogP contribution in [0.4, 0.5) is 5.69 Å². The van der Waals surface area contributed by atoms with Crippen molar-refractivity contribution in [2.75, 3.05) is 11.4 Å². The predicted octanol–water partition coefficient (Wildman–Crippen LogP) is 2.41. The van der Waals surface area contributed by atoms with Gasteiger partial charge in [0.05, 0.1) is 12.1 Å². The van der Waals surface area contributed by atoms with E-state index in [0.717, 1.165) is 0 Å². The van der Waals surface area contributed by atoms with Crippen LogP contribution in [0.3, 0.4) is 0 Å². The van der Waals surface area contributed by atoms with E-state index in [2.05, 4.69) is 4.98 Å². The highest BCUT2D eigenvalue weighted by atomic mass is 16.4. The quantitative estimate of drug-likeness (QED) is 0.913. The third-order valence-corrected chi connectivity index (χ3v) is 2.96. The molecule has 6 nitrogen and oxygen atoms in total. The fourth-order valence-electron chi connectivity index (χ4n) is 2.02. The lowest BCUT2D eigenvalue weighted by Gasteiger charge is -2.21. The Labute approximate surface area is 122 Å². The van der Waals surface area contributed by atoms with Gasteiger partial charge in [-0.3, -0.25) is 9.59 Å². The van der Waals surface area contributed by atoms with Crippen molar-refractivity contribution in [2.24, 2.45) is 0 Å². The molecular weight excluding hydrogens is 272 g/mol. The number of anilines is 1. The van der Waals surface area contributed by atoms with Gasteiger partial charge in [0.2, 0.25) is 5.76 Å². The van der Waals surface area contributed by atoms with Crippen molar-refractivity contribution in [1.82, 2.24) is 4.98 Å². The molecule has 110 valence electrons. The lowest BCUT2D eigenvalue weighted by atomic mass is 10.2. The van der Waals surface area contributed by atoms with E-state index in [0.29, 0.717) is 17.3 Å². The smallest absolute Gasteiger partial charge is 0.305 e. The van der Waals surface area contributed by atoms with E-state index in [1.807, 2.05) is 6.07 Å². The number of para-hydroxylation sites is 1. The zero-order chi connectivity index (χ0) is 15.4. The molecule has 1 heterocycles. The van der Waals surface area contributed by atoms with E-state index in [4.69, 9.17) is 9.52 Å². The number of aromatic nitrogens is 1. The summed E-state index contributed by atoms with van der Waals surface area (Å²) in [6.45, 7) is 3.41. The largest absolute Gasteiger partial charge is 0.481 e. The van der Waals surface area contributed by atoms with Crippen LogP contribution < -0.4 is 4.90 Å². The molecule has 0 saturated carbocycles. The fraction of sp³-hybridized carbons (Fsp3) is 0.267. The number of amides is 1. The van der Waals surface area contributed by atoms with E-state index < -0.39 is 5.97 Å². The highest BCUT2D eigenvalue weighted by molar-refractivity contribution is 6.05. The minimum absolute atomic E-state index is 0.0668. The van der Waals surface area contributed by atoms with Crippen LogP contribution in [-0.2, 0) is 4.79 Å². The molecule has 2 aromatic rings. The van der Waals surface area contributed by atoms with Gasteiger partial charge in [-0.2, -0.15) is 0 Å². The number of hydrogen-bond acceptors (Lipinski definition) is 4. The van der Waals surface area contributed by atoms with Crippen molar-refractivity contribution in [3.05, 3.63) is 47.7 Å². The molecule has 0 saturated heterocycles. The first-order valence-corrected chi connectivity index (χ1v) is 6.51. The Morgan fingerprint density at radius 2 is 1.90 bits per heavy atom. The summed E-state index contributed by atoms with van der Waals surface area (Å²) >= 11 is 0. The van der Waals surface area contributed by atoms with Gasteiger partial charge in [0.25, 0.3) is 5.91 Å².